The maximum atomic E-state index is 9.22. The van der Waals surface area contributed by atoms with Crippen molar-refractivity contribution in [3.8, 4) is 0 Å². The number of hydrogen-bond acceptors (Lipinski definition) is 6. The van der Waals surface area contributed by atoms with Crippen LogP contribution in [-0.4, -0.2) is 62.6 Å². The summed E-state index contributed by atoms with van der Waals surface area (Å²) in [6.45, 7) is 4.91. The fourth-order valence-corrected chi connectivity index (χ4v) is 1.09. The highest BCUT2D eigenvalue weighted by molar-refractivity contribution is 7.80. The summed E-state index contributed by atoms with van der Waals surface area (Å²) in [4.78, 5) is 1.16. The van der Waals surface area contributed by atoms with Crippen LogP contribution in [0.2, 0.25) is 0 Å². The van der Waals surface area contributed by atoms with Gasteiger partial charge in [0.25, 0.3) is 0 Å². The average molecular weight is 259 g/mol. The minimum atomic E-state index is -4.41. The van der Waals surface area contributed by atoms with Gasteiger partial charge in [0.15, 0.2) is 0 Å². The molecule has 0 aromatic carbocycles. The van der Waals surface area contributed by atoms with Gasteiger partial charge in [0.1, 0.15) is 25.3 Å². The summed E-state index contributed by atoms with van der Waals surface area (Å²) in [5, 5.41) is 17.9. The molecular weight excluding hydrogens is 238 g/mol. The van der Waals surface area contributed by atoms with Gasteiger partial charge >= 0.3 is 0 Å². The summed E-state index contributed by atoms with van der Waals surface area (Å²) in [7, 11) is -1.65. The summed E-state index contributed by atoms with van der Waals surface area (Å²) < 4.78 is 31.0. The maximum absolute atomic E-state index is 9.22. The Hall–Kier alpha value is -0.250. The number of rotatable bonds is 5. The van der Waals surface area contributed by atoms with Crippen molar-refractivity contribution < 1.29 is 32.3 Å². The fraction of sp³-hybridized carbons (Fsp3) is 1.00. The minimum absolute atomic E-state index is 0.279. The van der Waals surface area contributed by atoms with Gasteiger partial charge in [0.05, 0.1) is 14.2 Å². The predicted molar refractivity (Wildman–Crippen MR) is 56.7 cm³/mol. The van der Waals surface area contributed by atoms with Crippen LogP contribution >= 0.6 is 0 Å². The van der Waals surface area contributed by atoms with E-state index < -0.39 is 10.4 Å². The maximum Gasteiger partial charge on any atom is 0.217 e. The molecular formula is C8H21NO6S. The molecule has 16 heavy (non-hydrogen) atoms. The van der Waals surface area contributed by atoms with Crippen molar-refractivity contribution in [2.75, 3.05) is 27.2 Å². The molecule has 0 fully saturated rings. The van der Waals surface area contributed by atoms with Crippen molar-refractivity contribution in [1.82, 2.24) is 0 Å². The monoisotopic (exact) mass is 259 g/mol. The van der Waals surface area contributed by atoms with E-state index >= 15 is 0 Å². The molecule has 0 aromatic rings. The molecule has 7 nitrogen and oxygen atoms in total. The van der Waals surface area contributed by atoms with Crippen LogP contribution in [-0.2, 0) is 14.6 Å². The zero-order valence-corrected chi connectivity index (χ0v) is 10.8. The first-order valence-electron chi connectivity index (χ1n) is 4.77. The van der Waals surface area contributed by atoms with Crippen molar-refractivity contribution in [3.63, 3.8) is 0 Å². The number of nitrogens with one attached hydrogen (secondary N) is 1. The lowest BCUT2D eigenvalue weighted by Crippen LogP contribution is -3.11. The molecule has 2 atom stereocenters. The van der Waals surface area contributed by atoms with E-state index in [-0.39, 0.29) is 12.2 Å². The largest absolute Gasteiger partial charge is 0.726 e. The molecule has 0 rings (SSSR count). The molecule has 0 spiro atoms. The molecule has 0 saturated heterocycles. The van der Waals surface area contributed by atoms with Gasteiger partial charge in [-0.25, -0.2) is 8.42 Å². The number of aliphatic hydroxyl groups is 2. The van der Waals surface area contributed by atoms with Gasteiger partial charge < -0.3 is 19.7 Å². The molecule has 3 N–H and O–H groups in total. The molecule has 0 aliphatic carbocycles. The number of aliphatic hydroxyl groups excluding tert-OH is 2. The van der Waals surface area contributed by atoms with Crippen molar-refractivity contribution >= 4 is 10.4 Å². The van der Waals surface area contributed by atoms with Crippen LogP contribution in [0.15, 0.2) is 0 Å². The molecule has 0 bridgehead atoms. The Labute approximate surface area is 96.6 Å². The highest BCUT2D eigenvalue weighted by Gasteiger charge is 2.08. The predicted octanol–water partition coefficient (Wildman–Crippen LogP) is -2.64. The summed E-state index contributed by atoms with van der Waals surface area (Å²) in [6.07, 6.45) is -0.558. The van der Waals surface area contributed by atoms with Crippen molar-refractivity contribution in [2.24, 2.45) is 0 Å². The zero-order chi connectivity index (χ0) is 13.4. The fourth-order valence-electron chi connectivity index (χ4n) is 1.09. The minimum Gasteiger partial charge on any atom is -0.726 e. The van der Waals surface area contributed by atoms with E-state index in [1.54, 1.807) is 13.8 Å². The smallest absolute Gasteiger partial charge is 0.217 e. The van der Waals surface area contributed by atoms with Crippen molar-refractivity contribution in [2.45, 2.75) is 26.1 Å². The summed E-state index contributed by atoms with van der Waals surface area (Å²) in [6, 6.07) is 0. The molecule has 0 saturated carbocycles. The molecule has 8 heteroatoms. The van der Waals surface area contributed by atoms with E-state index in [9.17, 15) is 13.0 Å². The van der Waals surface area contributed by atoms with E-state index in [2.05, 4.69) is 4.18 Å². The normalized spacial score (nSPS) is 16.9. The van der Waals surface area contributed by atoms with Crippen LogP contribution in [0.5, 0.6) is 0 Å². The van der Waals surface area contributed by atoms with Crippen molar-refractivity contribution in [3.05, 3.63) is 0 Å². The molecule has 0 aliphatic rings. The number of quaternary nitrogens is 1. The molecule has 0 radical (unpaired) electrons. The second-order valence-corrected chi connectivity index (χ2v) is 4.79. The molecule has 2 unspecified atom stereocenters. The molecule has 0 amide bonds. The molecule has 0 aromatic heterocycles. The van der Waals surface area contributed by atoms with Crippen molar-refractivity contribution in [1.29, 1.82) is 0 Å². The van der Waals surface area contributed by atoms with Crippen LogP contribution in [0, 0.1) is 0 Å². The third kappa shape index (κ3) is 19.3. The zero-order valence-electron chi connectivity index (χ0n) is 10.0. The van der Waals surface area contributed by atoms with Gasteiger partial charge in [-0.2, -0.15) is 0 Å². The van der Waals surface area contributed by atoms with Gasteiger partial charge in [-0.1, -0.05) is 0 Å². The Kier molecular flexibility index (Phi) is 10.0. The molecule has 0 aliphatic heterocycles. The van der Waals surface area contributed by atoms with Crippen LogP contribution in [0.4, 0.5) is 0 Å². The van der Waals surface area contributed by atoms with Crippen LogP contribution in [0.25, 0.3) is 0 Å². The molecule has 0 heterocycles. The quantitative estimate of drug-likeness (QED) is 0.367. The third-order valence-electron chi connectivity index (χ3n) is 1.49. The second kappa shape index (κ2) is 8.85. The van der Waals surface area contributed by atoms with E-state index in [4.69, 9.17) is 10.2 Å². The summed E-state index contributed by atoms with van der Waals surface area (Å²) in [5.41, 5.74) is 0. The first kappa shape index (κ1) is 18.1. The van der Waals surface area contributed by atoms with E-state index in [0.717, 1.165) is 12.0 Å². The van der Waals surface area contributed by atoms with Crippen LogP contribution in [0.3, 0.4) is 0 Å². The Morgan fingerprint density at radius 3 is 1.62 bits per heavy atom. The number of likely N-dealkylation sites (N-methyl/N-ethyl adjacent to an activating group) is 1. The summed E-state index contributed by atoms with van der Waals surface area (Å²) >= 11 is 0. The standard InChI is InChI=1S/C7H17NO2.CH4O4S/c1-6(9)4-8(3)5-7(2)10;1-5-6(2,3)4/h6-7,9-10H,4-5H2,1-3H3;1H3,(H,2,3,4). The lowest BCUT2D eigenvalue weighted by Gasteiger charge is -2.16. The van der Waals surface area contributed by atoms with Crippen LogP contribution in [0.1, 0.15) is 13.8 Å². The Morgan fingerprint density at radius 2 is 1.50 bits per heavy atom. The lowest BCUT2D eigenvalue weighted by atomic mass is 10.3. The highest BCUT2D eigenvalue weighted by atomic mass is 32.3. The third-order valence-corrected chi connectivity index (χ3v) is 1.90. The second-order valence-electron chi connectivity index (χ2n) is 3.64. The Morgan fingerprint density at radius 1 is 1.25 bits per heavy atom. The lowest BCUT2D eigenvalue weighted by molar-refractivity contribution is -0.885. The molecule has 100 valence electrons. The SMILES string of the molecule is CC(O)C[NH+](C)CC(C)O.COS(=O)(=O)[O-]. The number of hydrogen-bond donors (Lipinski definition) is 3. The van der Waals surface area contributed by atoms with Crippen LogP contribution < -0.4 is 4.90 Å². The summed E-state index contributed by atoms with van der Waals surface area (Å²) in [5.74, 6) is 0. The highest BCUT2D eigenvalue weighted by Crippen LogP contribution is 1.74. The Balaban J connectivity index is 0. The first-order chi connectivity index (χ1) is 7.08. The van der Waals surface area contributed by atoms with Gasteiger partial charge in [-0.15, -0.1) is 0 Å². The topological polar surface area (TPSA) is 111 Å². The van der Waals surface area contributed by atoms with E-state index in [0.29, 0.717) is 13.1 Å². The van der Waals surface area contributed by atoms with Gasteiger partial charge in [0, 0.05) is 0 Å². The van der Waals surface area contributed by atoms with E-state index in [1.807, 2.05) is 7.05 Å². The van der Waals surface area contributed by atoms with E-state index in [1.165, 1.54) is 0 Å². The first-order valence-corrected chi connectivity index (χ1v) is 6.10. The Bertz CT molecular complexity index is 241. The van der Waals surface area contributed by atoms with Gasteiger partial charge in [-0.05, 0) is 13.8 Å². The van der Waals surface area contributed by atoms with Gasteiger partial charge in [0.2, 0.25) is 10.4 Å². The van der Waals surface area contributed by atoms with Gasteiger partial charge in [-0.3, -0.25) is 4.18 Å². The average Bonchev–Trinajstić information content (AvgIpc) is 2.00.